The van der Waals surface area contributed by atoms with Crippen molar-refractivity contribution in [3.8, 4) is 5.75 Å². The molecule has 6 heteroatoms. The summed E-state index contributed by atoms with van der Waals surface area (Å²) in [4.78, 5) is 2.31. The van der Waals surface area contributed by atoms with Crippen LogP contribution in [0.15, 0.2) is 36.4 Å². The van der Waals surface area contributed by atoms with Gasteiger partial charge in [-0.05, 0) is 29.8 Å². The third-order valence-corrected chi connectivity index (χ3v) is 4.76. The first-order valence-electron chi connectivity index (χ1n) is 8.30. The van der Waals surface area contributed by atoms with Gasteiger partial charge in [0.05, 0.1) is 19.3 Å². The highest BCUT2D eigenvalue weighted by Crippen LogP contribution is 2.33. The predicted octanol–water partition coefficient (Wildman–Crippen LogP) is 3.92. The normalized spacial score (nSPS) is 20.8. The Morgan fingerprint density at radius 3 is 2.88 bits per heavy atom. The van der Waals surface area contributed by atoms with Crippen LogP contribution in [-0.2, 0) is 22.6 Å². The summed E-state index contributed by atoms with van der Waals surface area (Å²) in [6.07, 6.45) is -0.0615. The number of rotatable bonds is 3. The van der Waals surface area contributed by atoms with Crippen LogP contribution < -0.4 is 4.74 Å². The maximum atomic E-state index is 13.1. The zero-order valence-electron chi connectivity index (χ0n) is 13.7. The summed E-state index contributed by atoms with van der Waals surface area (Å²) in [5, 5.41) is 0.686. The second-order valence-electron chi connectivity index (χ2n) is 6.31. The molecule has 0 bridgehead atoms. The van der Waals surface area contributed by atoms with E-state index in [4.69, 9.17) is 25.8 Å². The molecule has 2 aliphatic heterocycles. The number of nitrogens with zero attached hydrogens (tertiary/aromatic N) is 1. The van der Waals surface area contributed by atoms with Crippen molar-refractivity contribution in [2.24, 2.45) is 0 Å². The molecule has 1 unspecified atom stereocenters. The smallest absolute Gasteiger partial charge is 0.189 e. The fourth-order valence-electron chi connectivity index (χ4n) is 3.34. The van der Waals surface area contributed by atoms with Crippen molar-refractivity contribution in [1.82, 2.24) is 4.90 Å². The van der Waals surface area contributed by atoms with E-state index in [-0.39, 0.29) is 18.7 Å². The molecule has 2 aromatic carbocycles. The highest BCUT2D eigenvalue weighted by Gasteiger charge is 2.24. The Hall–Kier alpha value is -1.66. The molecule has 0 saturated carbocycles. The van der Waals surface area contributed by atoms with E-state index in [1.54, 1.807) is 12.1 Å². The first-order chi connectivity index (χ1) is 12.2. The van der Waals surface area contributed by atoms with Gasteiger partial charge in [0.2, 0.25) is 0 Å². The molecule has 1 saturated heterocycles. The van der Waals surface area contributed by atoms with Gasteiger partial charge in [0.25, 0.3) is 0 Å². The van der Waals surface area contributed by atoms with Crippen LogP contribution in [0.2, 0.25) is 5.02 Å². The SMILES string of the molecule is Fc1ccc(C2CN(Cc3cc(Cl)cc4c3OCOC4)CCO2)cc1. The van der Waals surface area contributed by atoms with Gasteiger partial charge < -0.3 is 14.2 Å². The molecule has 2 aromatic rings. The van der Waals surface area contributed by atoms with Crippen LogP contribution in [0.3, 0.4) is 0 Å². The summed E-state index contributed by atoms with van der Waals surface area (Å²) in [5.41, 5.74) is 3.03. The molecule has 2 heterocycles. The first-order valence-corrected chi connectivity index (χ1v) is 8.68. The molecule has 0 spiro atoms. The van der Waals surface area contributed by atoms with Crippen molar-refractivity contribution in [1.29, 1.82) is 0 Å². The van der Waals surface area contributed by atoms with Gasteiger partial charge in [-0.3, -0.25) is 4.90 Å². The van der Waals surface area contributed by atoms with Crippen LogP contribution >= 0.6 is 11.6 Å². The highest BCUT2D eigenvalue weighted by atomic mass is 35.5. The van der Waals surface area contributed by atoms with Crippen molar-refractivity contribution in [3.05, 3.63) is 63.9 Å². The number of benzene rings is 2. The van der Waals surface area contributed by atoms with Gasteiger partial charge in [-0.1, -0.05) is 23.7 Å². The summed E-state index contributed by atoms with van der Waals surface area (Å²) >= 11 is 6.25. The van der Waals surface area contributed by atoms with E-state index in [9.17, 15) is 4.39 Å². The first kappa shape index (κ1) is 16.8. The van der Waals surface area contributed by atoms with Crippen LogP contribution in [0.1, 0.15) is 22.8 Å². The van der Waals surface area contributed by atoms with Gasteiger partial charge in [-0.15, -0.1) is 0 Å². The van der Waals surface area contributed by atoms with Crippen molar-refractivity contribution >= 4 is 11.6 Å². The lowest BCUT2D eigenvalue weighted by molar-refractivity contribution is -0.0354. The third kappa shape index (κ3) is 3.80. The number of hydrogen-bond donors (Lipinski definition) is 0. The van der Waals surface area contributed by atoms with E-state index in [0.717, 1.165) is 42.1 Å². The van der Waals surface area contributed by atoms with Gasteiger partial charge in [0, 0.05) is 35.8 Å². The Kier molecular flexibility index (Phi) is 4.90. The lowest BCUT2D eigenvalue weighted by atomic mass is 10.1. The lowest BCUT2D eigenvalue weighted by Crippen LogP contribution is -2.38. The van der Waals surface area contributed by atoms with Crippen LogP contribution in [0.25, 0.3) is 0 Å². The molecular weight excluding hydrogens is 345 g/mol. The summed E-state index contributed by atoms with van der Waals surface area (Å²) in [5.74, 6) is 0.641. The minimum absolute atomic E-state index is 0.0615. The molecule has 0 aliphatic carbocycles. The lowest BCUT2D eigenvalue weighted by Gasteiger charge is -2.34. The third-order valence-electron chi connectivity index (χ3n) is 4.54. The molecule has 0 radical (unpaired) electrons. The molecule has 1 fully saturated rings. The van der Waals surface area contributed by atoms with Gasteiger partial charge >= 0.3 is 0 Å². The Balaban J connectivity index is 1.51. The van der Waals surface area contributed by atoms with E-state index < -0.39 is 0 Å². The maximum absolute atomic E-state index is 13.1. The van der Waals surface area contributed by atoms with Crippen LogP contribution in [-0.4, -0.2) is 31.4 Å². The average molecular weight is 364 g/mol. The minimum Gasteiger partial charge on any atom is -0.467 e. The molecule has 0 N–H and O–H groups in total. The van der Waals surface area contributed by atoms with E-state index in [1.807, 2.05) is 12.1 Å². The summed E-state index contributed by atoms with van der Waals surface area (Å²) in [7, 11) is 0. The monoisotopic (exact) mass is 363 g/mol. The standard InChI is InChI=1S/C19H19ClFNO3/c20-16-7-14(19-15(8-16)11-23-12-25-19)9-22-5-6-24-18(10-22)13-1-3-17(21)4-2-13/h1-4,7-8,18H,5-6,9-12H2. The van der Waals surface area contributed by atoms with Gasteiger partial charge in [0.1, 0.15) is 11.6 Å². The zero-order valence-corrected chi connectivity index (χ0v) is 14.5. The number of fused-ring (bicyclic) bond motifs is 1. The van der Waals surface area contributed by atoms with Crippen LogP contribution in [0.5, 0.6) is 5.75 Å². The van der Waals surface area contributed by atoms with Crippen LogP contribution in [0.4, 0.5) is 4.39 Å². The number of ether oxygens (including phenoxy) is 3. The molecule has 25 heavy (non-hydrogen) atoms. The molecular formula is C19H19ClFNO3. The molecule has 2 aliphatic rings. The Morgan fingerprint density at radius 1 is 1.20 bits per heavy atom. The van der Waals surface area contributed by atoms with Gasteiger partial charge in [0.15, 0.2) is 6.79 Å². The van der Waals surface area contributed by atoms with Crippen molar-refractivity contribution in [2.75, 3.05) is 26.5 Å². The fraction of sp³-hybridized carbons (Fsp3) is 0.368. The van der Waals surface area contributed by atoms with Crippen LogP contribution in [0, 0.1) is 5.82 Å². The second kappa shape index (κ2) is 7.30. The van der Waals surface area contributed by atoms with E-state index >= 15 is 0 Å². The number of morpholine rings is 1. The summed E-state index contributed by atoms with van der Waals surface area (Å²) in [6, 6.07) is 10.3. The van der Waals surface area contributed by atoms with Crippen molar-refractivity contribution in [3.63, 3.8) is 0 Å². The summed E-state index contributed by atoms with van der Waals surface area (Å²) in [6.45, 7) is 3.71. The Morgan fingerprint density at radius 2 is 2.04 bits per heavy atom. The number of halogens is 2. The maximum Gasteiger partial charge on any atom is 0.189 e. The van der Waals surface area contributed by atoms with Gasteiger partial charge in [-0.25, -0.2) is 4.39 Å². The van der Waals surface area contributed by atoms with E-state index in [0.29, 0.717) is 18.2 Å². The topological polar surface area (TPSA) is 30.9 Å². The van der Waals surface area contributed by atoms with E-state index in [1.165, 1.54) is 12.1 Å². The number of hydrogen-bond acceptors (Lipinski definition) is 4. The average Bonchev–Trinajstić information content (AvgIpc) is 2.62. The van der Waals surface area contributed by atoms with E-state index in [2.05, 4.69) is 4.90 Å². The van der Waals surface area contributed by atoms with Crippen molar-refractivity contribution in [2.45, 2.75) is 19.3 Å². The minimum atomic E-state index is -0.235. The molecule has 0 aromatic heterocycles. The molecule has 1 atom stereocenters. The predicted molar refractivity (Wildman–Crippen MR) is 92.1 cm³/mol. The molecule has 4 nitrogen and oxygen atoms in total. The Labute approximate surface area is 151 Å². The summed E-state index contributed by atoms with van der Waals surface area (Å²) < 4.78 is 30.0. The molecule has 132 valence electrons. The molecule has 0 amide bonds. The second-order valence-corrected chi connectivity index (χ2v) is 6.75. The largest absolute Gasteiger partial charge is 0.467 e. The van der Waals surface area contributed by atoms with Crippen molar-refractivity contribution < 1.29 is 18.6 Å². The quantitative estimate of drug-likeness (QED) is 0.827. The highest BCUT2D eigenvalue weighted by molar-refractivity contribution is 6.30. The van der Waals surface area contributed by atoms with Gasteiger partial charge in [-0.2, -0.15) is 0 Å². The molecule has 4 rings (SSSR count). The zero-order chi connectivity index (χ0) is 17.2. The fourth-order valence-corrected chi connectivity index (χ4v) is 3.60. The Bertz CT molecular complexity index is 753.